The lowest BCUT2D eigenvalue weighted by atomic mass is 9.97. The van der Waals surface area contributed by atoms with E-state index in [0.29, 0.717) is 29.1 Å². The van der Waals surface area contributed by atoms with Crippen molar-refractivity contribution < 1.29 is 18.0 Å². The standard InChI is InChI=1S/C25H21Cl3N2O4S/c26-18-9-11-22(20(13-18)24(31)16-5-2-1-3-6-16)29-25(32)17-7-4-12-30(15-17)35(33,34)23-14-19(27)8-10-21(23)28/h1-3,5-6,8-11,13-14,17H,4,7,12,15H2,(H,29,32)/t17-/m1/s1. The van der Waals surface area contributed by atoms with Gasteiger partial charge in [0.1, 0.15) is 4.90 Å². The van der Waals surface area contributed by atoms with Gasteiger partial charge in [0.15, 0.2) is 5.78 Å². The molecule has 1 amide bonds. The molecule has 1 N–H and O–H groups in total. The number of amides is 1. The molecule has 0 unspecified atom stereocenters. The highest BCUT2D eigenvalue weighted by Gasteiger charge is 2.35. The van der Waals surface area contributed by atoms with Crippen molar-refractivity contribution in [1.82, 2.24) is 4.31 Å². The third-order valence-electron chi connectivity index (χ3n) is 5.79. The van der Waals surface area contributed by atoms with Crippen molar-refractivity contribution in [1.29, 1.82) is 0 Å². The Labute approximate surface area is 218 Å². The minimum absolute atomic E-state index is 0.0213. The van der Waals surface area contributed by atoms with Crippen LogP contribution in [0.4, 0.5) is 5.69 Å². The third kappa shape index (κ3) is 5.71. The highest BCUT2D eigenvalue weighted by molar-refractivity contribution is 7.89. The maximum atomic E-state index is 13.2. The molecule has 182 valence electrons. The zero-order valence-electron chi connectivity index (χ0n) is 18.4. The molecule has 0 radical (unpaired) electrons. The lowest BCUT2D eigenvalue weighted by Gasteiger charge is -2.31. The largest absolute Gasteiger partial charge is 0.325 e. The van der Waals surface area contributed by atoms with Gasteiger partial charge in [-0.2, -0.15) is 4.31 Å². The lowest BCUT2D eigenvalue weighted by molar-refractivity contribution is -0.120. The molecule has 3 aromatic rings. The fraction of sp³-hybridized carbons (Fsp3) is 0.200. The molecule has 10 heteroatoms. The van der Waals surface area contributed by atoms with E-state index < -0.39 is 15.9 Å². The number of hydrogen-bond donors (Lipinski definition) is 1. The molecular formula is C25H21Cl3N2O4S. The van der Waals surface area contributed by atoms with Crippen LogP contribution in [0, 0.1) is 5.92 Å². The molecule has 35 heavy (non-hydrogen) atoms. The molecule has 1 fully saturated rings. The van der Waals surface area contributed by atoms with Gasteiger partial charge in [-0.15, -0.1) is 0 Å². The number of hydrogen-bond acceptors (Lipinski definition) is 4. The monoisotopic (exact) mass is 550 g/mol. The average Bonchev–Trinajstić information content (AvgIpc) is 2.86. The summed E-state index contributed by atoms with van der Waals surface area (Å²) >= 11 is 18.2. The first-order valence-corrected chi connectivity index (χ1v) is 13.4. The summed E-state index contributed by atoms with van der Waals surface area (Å²) in [6.45, 7) is 0.236. The first-order chi connectivity index (χ1) is 16.7. The van der Waals surface area contributed by atoms with E-state index in [4.69, 9.17) is 34.8 Å². The Bertz CT molecular complexity index is 1380. The quantitative estimate of drug-likeness (QED) is 0.386. The van der Waals surface area contributed by atoms with Crippen molar-refractivity contribution in [2.75, 3.05) is 18.4 Å². The Morgan fingerprint density at radius 1 is 0.914 bits per heavy atom. The van der Waals surface area contributed by atoms with Gasteiger partial charge < -0.3 is 5.32 Å². The van der Waals surface area contributed by atoms with Crippen LogP contribution in [0.25, 0.3) is 0 Å². The highest BCUT2D eigenvalue weighted by Crippen LogP contribution is 2.31. The van der Waals surface area contributed by atoms with E-state index in [1.54, 1.807) is 42.5 Å². The average molecular weight is 552 g/mol. The second kappa shape index (κ2) is 10.7. The molecule has 0 bridgehead atoms. The van der Waals surface area contributed by atoms with Gasteiger partial charge in [-0.25, -0.2) is 8.42 Å². The molecule has 0 spiro atoms. The molecule has 6 nitrogen and oxygen atoms in total. The van der Waals surface area contributed by atoms with Crippen molar-refractivity contribution >= 4 is 62.2 Å². The Kier molecular flexibility index (Phi) is 7.83. The second-order valence-corrected chi connectivity index (χ2v) is 11.3. The van der Waals surface area contributed by atoms with Crippen molar-refractivity contribution in [2.45, 2.75) is 17.7 Å². The Hall–Kier alpha value is -2.42. The van der Waals surface area contributed by atoms with Gasteiger partial charge in [0.25, 0.3) is 0 Å². The van der Waals surface area contributed by atoms with Crippen LogP contribution in [0.15, 0.2) is 71.6 Å². The fourth-order valence-electron chi connectivity index (χ4n) is 3.98. The van der Waals surface area contributed by atoms with Crippen LogP contribution in [0.3, 0.4) is 0 Å². The van der Waals surface area contributed by atoms with E-state index in [1.807, 2.05) is 0 Å². The predicted molar refractivity (Wildman–Crippen MR) is 138 cm³/mol. The van der Waals surface area contributed by atoms with E-state index in [-0.39, 0.29) is 45.3 Å². The lowest BCUT2D eigenvalue weighted by Crippen LogP contribution is -2.43. The van der Waals surface area contributed by atoms with E-state index >= 15 is 0 Å². The maximum absolute atomic E-state index is 13.2. The van der Waals surface area contributed by atoms with Crippen molar-refractivity contribution in [3.63, 3.8) is 0 Å². The molecule has 1 aliphatic heterocycles. The first-order valence-electron chi connectivity index (χ1n) is 10.8. The van der Waals surface area contributed by atoms with Crippen LogP contribution in [-0.2, 0) is 14.8 Å². The van der Waals surface area contributed by atoms with Gasteiger partial charge in [-0.05, 0) is 49.2 Å². The molecule has 0 aromatic heterocycles. The number of halogens is 3. The first kappa shape index (κ1) is 25.7. The molecule has 1 heterocycles. The number of rotatable bonds is 6. The molecular weight excluding hydrogens is 531 g/mol. The van der Waals surface area contributed by atoms with Crippen LogP contribution in [-0.4, -0.2) is 37.5 Å². The number of carbonyl (C=O) groups excluding carboxylic acids is 2. The molecule has 4 rings (SSSR count). The minimum Gasteiger partial charge on any atom is -0.325 e. The number of benzene rings is 3. The van der Waals surface area contributed by atoms with Crippen LogP contribution in [0.2, 0.25) is 15.1 Å². The molecule has 1 atom stereocenters. The van der Waals surface area contributed by atoms with Crippen LogP contribution < -0.4 is 5.32 Å². The highest BCUT2D eigenvalue weighted by atomic mass is 35.5. The van der Waals surface area contributed by atoms with Gasteiger partial charge in [0.2, 0.25) is 15.9 Å². The van der Waals surface area contributed by atoms with E-state index in [0.717, 1.165) is 0 Å². The summed E-state index contributed by atoms with van der Waals surface area (Å²) in [5.74, 6) is -1.29. The maximum Gasteiger partial charge on any atom is 0.244 e. The van der Waals surface area contributed by atoms with E-state index in [9.17, 15) is 18.0 Å². The SMILES string of the molecule is O=C(c1ccccc1)c1cc(Cl)ccc1NC(=O)[C@@H]1CCCN(S(=O)(=O)c2cc(Cl)ccc2Cl)C1. The Morgan fingerprint density at radius 2 is 1.60 bits per heavy atom. The topological polar surface area (TPSA) is 83.6 Å². The summed E-state index contributed by atoms with van der Waals surface area (Å²) in [5.41, 5.74) is 1.02. The van der Waals surface area contributed by atoms with Gasteiger partial charge in [0.05, 0.1) is 16.6 Å². The van der Waals surface area contributed by atoms with Crippen LogP contribution >= 0.6 is 34.8 Å². The minimum atomic E-state index is -3.95. The van der Waals surface area contributed by atoms with Gasteiger partial charge >= 0.3 is 0 Å². The third-order valence-corrected chi connectivity index (χ3v) is 8.60. The van der Waals surface area contributed by atoms with Gasteiger partial charge in [-0.1, -0.05) is 65.1 Å². The number of piperidine rings is 1. The zero-order chi connectivity index (χ0) is 25.2. The number of carbonyl (C=O) groups is 2. The Balaban J connectivity index is 1.55. The number of nitrogens with one attached hydrogen (secondary N) is 1. The number of anilines is 1. The normalized spacial score (nSPS) is 16.6. The van der Waals surface area contributed by atoms with E-state index in [2.05, 4.69) is 5.32 Å². The smallest absolute Gasteiger partial charge is 0.244 e. The molecule has 0 aliphatic carbocycles. The molecule has 1 aliphatic rings. The van der Waals surface area contributed by atoms with Crippen LogP contribution in [0.1, 0.15) is 28.8 Å². The van der Waals surface area contributed by atoms with Crippen molar-refractivity contribution in [3.8, 4) is 0 Å². The number of sulfonamides is 1. The summed E-state index contributed by atoms with van der Waals surface area (Å²) in [6.07, 6.45) is 0.989. The summed E-state index contributed by atoms with van der Waals surface area (Å²) in [6, 6.07) is 17.6. The summed E-state index contributed by atoms with van der Waals surface area (Å²) in [5, 5.41) is 3.47. The molecule has 3 aromatic carbocycles. The van der Waals surface area contributed by atoms with Crippen molar-refractivity contribution in [2.24, 2.45) is 5.92 Å². The Morgan fingerprint density at radius 3 is 2.34 bits per heavy atom. The van der Waals surface area contributed by atoms with Gasteiger partial charge in [0, 0.05) is 34.3 Å². The summed E-state index contributed by atoms with van der Waals surface area (Å²) in [4.78, 5) is 26.1. The van der Waals surface area contributed by atoms with E-state index in [1.165, 1.54) is 28.6 Å². The summed E-state index contributed by atoms with van der Waals surface area (Å²) < 4.78 is 27.7. The predicted octanol–water partition coefficient (Wildman–Crippen LogP) is 5.92. The number of ketones is 1. The van der Waals surface area contributed by atoms with Crippen molar-refractivity contribution in [3.05, 3.63) is 92.9 Å². The van der Waals surface area contributed by atoms with Gasteiger partial charge in [-0.3, -0.25) is 9.59 Å². The second-order valence-electron chi connectivity index (χ2n) is 8.15. The zero-order valence-corrected chi connectivity index (χ0v) is 21.5. The number of nitrogens with zero attached hydrogens (tertiary/aromatic N) is 1. The fourth-order valence-corrected chi connectivity index (χ4v) is 6.41. The molecule has 0 saturated carbocycles. The molecule has 1 saturated heterocycles. The van der Waals surface area contributed by atoms with Crippen LogP contribution in [0.5, 0.6) is 0 Å². The summed E-state index contributed by atoms with van der Waals surface area (Å²) in [7, 11) is -3.95.